The van der Waals surface area contributed by atoms with E-state index >= 15 is 0 Å². The summed E-state index contributed by atoms with van der Waals surface area (Å²) in [5.74, 6) is -0.271. The molecule has 3 atom stereocenters. The van der Waals surface area contributed by atoms with Crippen LogP contribution in [0.15, 0.2) is 18.2 Å². The van der Waals surface area contributed by atoms with Gasteiger partial charge in [0.05, 0.1) is 5.60 Å². The molecule has 0 aromatic heterocycles. The third-order valence-electron chi connectivity index (χ3n) is 7.88. The van der Waals surface area contributed by atoms with Gasteiger partial charge in [0, 0.05) is 43.2 Å². The van der Waals surface area contributed by atoms with Gasteiger partial charge in [-0.05, 0) is 68.8 Å². The molecule has 1 aromatic rings. The highest BCUT2D eigenvalue weighted by atomic mass is 35.5. The molecular weight excluding hydrogens is 499 g/mol. The summed E-state index contributed by atoms with van der Waals surface area (Å²) in [6, 6.07) is 3.91. The molecule has 3 rings (SSSR count). The Bertz CT molecular complexity index is 881. The van der Waals surface area contributed by atoms with Gasteiger partial charge >= 0.3 is 12.1 Å². The van der Waals surface area contributed by atoms with Crippen LogP contribution in [0, 0.1) is 17.7 Å². The summed E-state index contributed by atoms with van der Waals surface area (Å²) in [6.45, 7) is 1.75. The quantitative estimate of drug-likeness (QED) is 0.261. The molecule has 1 aliphatic heterocycles. The first kappa shape index (κ1) is 29.5. The molecule has 208 valence electrons. The van der Waals surface area contributed by atoms with Crippen molar-refractivity contribution < 1.29 is 24.2 Å². The summed E-state index contributed by atoms with van der Waals surface area (Å²) in [4.78, 5) is 25.9. The van der Waals surface area contributed by atoms with Gasteiger partial charge in [0.1, 0.15) is 5.82 Å². The Labute approximate surface area is 224 Å². The van der Waals surface area contributed by atoms with E-state index in [1.54, 1.807) is 11.0 Å². The van der Waals surface area contributed by atoms with Crippen LogP contribution in [0.2, 0.25) is 5.02 Å². The Hall–Kier alpha value is -2.10. The first-order chi connectivity index (χ1) is 17.7. The number of carboxylic acid groups (broad SMARTS) is 1. The minimum atomic E-state index is -1.46. The van der Waals surface area contributed by atoms with Gasteiger partial charge in [0.25, 0.3) is 0 Å². The fourth-order valence-electron chi connectivity index (χ4n) is 6.02. The predicted octanol–water partition coefficient (Wildman–Crippen LogP) is 4.69. The fourth-order valence-corrected chi connectivity index (χ4v) is 6.25. The Morgan fingerprint density at radius 3 is 2.62 bits per heavy atom. The molecule has 1 aromatic carbocycles. The number of urea groups is 1. The molecule has 1 aliphatic carbocycles. The summed E-state index contributed by atoms with van der Waals surface area (Å²) in [5, 5.41) is 29.7. The monoisotopic (exact) mass is 540 g/mol. The standard InChI is InChI=1S/C27H42ClFN4O4/c1-30-17-24(13-19-7-3-2-4-8-19)32-25(34)33-12-5-9-20(18-33)27(37,10-6-11-31-26(35)36)21-14-22(28)16-23(29)15-21/h14-16,19-20,24,30-31,37H,2-13,17-18H2,1H3,(H,32,34)(H,35,36)/t20-,24+,27+/m1/s1. The Morgan fingerprint density at radius 2 is 1.95 bits per heavy atom. The molecule has 8 nitrogen and oxygen atoms in total. The van der Waals surface area contributed by atoms with Gasteiger partial charge in [-0.1, -0.05) is 43.7 Å². The van der Waals surface area contributed by atoms with E-state index in [1.807, 2.05) is 7.05 Å². The van der Waals surface area contributed by atoms with Crippen LogP contribution in [0.4, 0.5) is 14.0 Å². The lowest BCUT2D eigenvalue weighted by atomic mass is 9.74. The summed E-state index contributed by atoms with van der Waals surface area (Å²) in [6.07, 6.45) is 7.95. The summed E-state index contributed by atoms with van der Waals surface area (Å²) >= 11 is 6.12. The third kappa shape index (κ3) is 8.72. The second kappa shape index (κ2) is 14.2. The molecular formula is C27H42ClFN4O4. The normalized spacial score (nSPS) is 21.2. The number of nitrogens with one attached hydrogen (secondary N) is 3. The number of carbonyl (C=O) groups is 2. The van der Waals surface area contributed by atoms with Crippen molar-refractivity contribution in [1.82, 2.24) is 20.9 Å². The third-order valence-corrected chi connectivity index (χ3v) is 8.10. The van der Waals surface area contributed by atoms with Crippen LogP contribution < -0.4 is 16.0 Å². The van der Waals surface area contributed by atoms with E-state index in [1.165, 1.54) is 44.2 Å². The zero-order valence-electron chi connectivity index (χ0n) is 21.8. The molecule has 3 amide bonds. The number of likely N-dealkylation sites (N-methyl/N-ethyl adjacent to an activating group) is 1. The lowest BCUT2D eigenvalue weighted by Gasteiger charge is -2.43. The van der Waals surface area contributed by atoms with Crippen LogP contribution in [-0.2, 0) is 5.60 Å². The van der Waals surface area contributed by atoms with E-state index in [2.05, 4.69) is 16.0 Å². The number of likely N-dealkylation sites (tertiary alicyclic amines) is 1. The Balaban J connectivity index is 1.71. The van der Waals surface area contributed by atoms with Crippen LogP contribution >= 0.6 is 11.6 Å². The lowest BCUT2D eigenvalue weighted by molar-refractivity contribution is -0.0554. The van der Waals surface area contributed by atoms with Gasteiger partial charge in [-0.15, -0.1) is 0 Å². The number of benzene rings is 1. The smallest absolute Gasteiger partial charge is 0.404 e. The maximum absolute atomic E-state index is 14.3. The van der Waals surface area contributed by atoms with Crippen molar-refractivity contribution >= 4 is 23.7 Å². The van der Waals surface area contributed by atoms with Gasteiger partial charge in [-0.2, -0.15) is 0 Å². The number of amides is 3. The minimum Gasteiger partial charge on any atom is -0.465 e. The second-order valence-electron chi connectivity index (χ2n) is 10.6. The molecule has 0 radical (unpaired) electrons. The largest absolute Gasteiger partial charge is 0.465 e. The van der Waals surface area contributed by atoms with Gasteiger partial charge in [0.15, 0.2) is 0 Å². The number of hydrogen-bond acceptors (Lipinski definition) is 4. The number of hydrogen-bond donors (Lipinski definition) is 5. The van der Waals surface area contributed by atoms with Gasteiger partial charge < -0.3 is 31.1 Å². The van der Waals surface area contributed by atoms with Crippen molar-refractivity contribution in [3.63, 3.8) is 0 Å². The highest BCUT2D eigenvalue weighted by molar-refractivity contribution is 6.30. The fraction of sp³-hybridized carbons (Fsp3) is 0.704. The molecule has 0 unspecified atom stereocenters. The summed E-state index contributed by atoms with van der Waals surface area (Å²) in [7, 11) is 1.89. The lowest BCUT2D eigenvalue weighted by Crippen LogP contribution is -2.54. The van der Waals surface area contributed by atoms with Crippen LogP contribution in [-0.4, -0.2) is 66.5 Å². The van der Waals surface area contributed by atoms with Gasteiger partial charge in [-0.3, -0.25) is 0 Å². The van der Waals surface area contributed by atoms with Crippen LogP contribution in [0.3, 0.4) is 0 Å². The zero-order valence-corrected chi connectivity index (χ0v) is 22.5. The molecule has 1 saturated carbocycles. The number of rotatable bonds is 11. The van der Waals surface area contributed by atoms with Crippen LogP contribution in [0.1, 0.15) is 69.8 Å². The maximum atomic E-state index is 14.3. The van der Waals surface area contributed by atoms with E-state index in [-0.39, 0.29) is 36.0 Å². The van der Waals surface area contributed by atoms with Crippen molar-refractivity contribution in [3.8, 4) is 0 Å². The first-order valence-corrected chi connectivity index (χ1v) is 13.9. The first-order valence-electron chi connectivity index (χ1n) is 13.6. The van der Waals surface area contributed by atoms with Gasteiger partial charge in [0.2, 0.25) is 0 Å². The Morgan fingerprint density at radius 1 is 1.19 bits per heavy atom. The van der Waals surface area contributed by atoms with E-state index in [0.29, 0.717) is 50.4 Å². The van der Waals surface area contributed by atoms with E-state index in [0.717, 1.165) is 6.42 Å². The number of halogens is 2. The number of piperidine rings is 1. The number of aliphatic hydroxyl groups is 1. The molecule has 1 saturated heterocycles. The summed E-state index contributed by atoms with van der Waals surface area (Å²) < 4.78 is 14.3. The van der Waals surface area contributed by atoms with Crippen molar-refractivity contribution in [2.24, 2.45) is 11.8 Å². The van der Waals surface area contributed by atoms with Crippen molar-refractivity contribution in [3.05, 3.63) is 34.6 Å². The molecule has 37 heavy (non-hydrogen) atoms. The zero-order chi connectivity index (χ0) is 26.8. The van der Waals surface area contributed by atoms with E-state index in [4.69, 9.17) is 16.7 Å². The summed E-state index contributed by atoms with van der Waals surface area (Å²) in [5.41, 5.74) is -1.11. The SMILES string of the molecule is CNC[C@H](CC1CCCCC1)NC(=O)N1CCC[C@@H]([C@@](O)(CCCNC(=O)O)c2cc(F)cc(Cl)c2)C1. The highest BCUT2D eigenvalue weighted by Gasteiger charge is 2.42. The minimum absolute atomic E-state index is 0.0315. The van der Waals surface area contributed by atoms with Crippen molar-refractivity contribution in [2.75, 3.05) is 33.2 Å². The molecule has 2 aliphatic rings. The predicted molar refractivity (Wildman–Crippen MR) is 142 cm³/mol. The highest BCUT2D eigenvalue weighted by Crippen LogP contribution is 2.40. The molecule has 0 bridgehead atoms. The van der Waals surface area contributed by atoms with Crippen molar-refractivity contribution in [1.29, 1.82) is 0 Å². The topological polar surface area (TPSA) is 114 Å². The maximum Gasteiger partial charge on any atom is 0.404 e. The number of carbonyl (C=O) groups excluding carboxylic acids is 1. The average Bonchev–Trinajstić information content (AvgIpc) is 2.86. The van der Waals surface area contributed by atoms with E-state index in [9.17, 15) is 19.1 Å². The molecule has 10 heteroatoms. The molecule has 0 spiro atoms. The number of nitrogens with zero attached hydrogens (tertiary/aromatic N) is 1. The molecule has 2 fully saturated rings. The second-order valence-corrected chi connectivity index (χ2v) is 11.1. The average molecular weight is 541 g/mol. The van der Waals surface area contributed by atoms with Crippen molar-refractivity contribution in [2.45, 2.75) is 75.9 Å². The van der Waals surface area contributed by atoms with Crippen LogP contribution in [0.25, 0.3) is 0 Å². The molecule has 5 N–H and O–H groups in total. The molecule has 1 heterocycles. The van der Waals surface area contributed by atoms with E-state index < -0.39 is 17.5 Å². The Kier molecular flexibility index (Phi) is 11.3. The van der Waals surface area contributed by atoms with Crippen LogP contribution in [0.5, 0.6) is 0 Å². The van der Waals surface area contributed by atoms with Gasteiger partial charge in [-0.25, -0.2) is 14.0 Å².